The Bertz CT molecular complexity index is 987. The molecule has 2 aromatic carbocycles. The molecule has 0 saturated carbocycles. The van der Waals surface area contributed by atoms with Gasteiger partial charge >= 0.3 is 0 Å². The maximum atomic E-state index is 13.0. The standard InChI is InChI=1S/C25H31N3O4/c1-4-32-22-12-11-19(27-24(30)17(2)3)15-21(22)25(31)26-16-18-8-7-9-20(14-18)28-13-6-5-10-23(28)29/h7-9,11-12,14-15,17H,4-6,10,13,16H2,1-3H3,(H,26,31)(H,27,30). The average Bonchev–Trinajstić information content (AvgIpc) is 2.79. The molecule has 3 rings (SSSR count). The third-order valence-corrected chi connectivity index (χ3v) is 5.31. The van der Waals surface area contributed by atoms with Crippen molar-refractivity contribution in [1.29, 1.82) is 0 Å². The van der Waals surface area contributed by atoms with E-state index in [0.29, 0.717) is 36.6 Å². The average molecular weight is 438 g/mol. The van der Waals surface area contributed by atoms with Crippen molar-refractivity contribution in [2.24, 2.45) is 5.92 Å². The molecule has 0 aromatic heterocycles. The fraction of sp³-hybridized carbons (Fsp3) is 0.400. The van der Waals surface area contributed by atoms with Crippen molar-refractivity contribution in [3.05, 3.63) is 53.6 Å². The van der Waals surface area contributed by atoms with E-state index in [0.717, 1.165) is 30.6 Å². The summed E-state index contributed by atoms with van der Waals surface area (Å²) in [5, 5.41) is 5.74. The Morgan fingerprint density at radius 2 is 1.94 bits per heavy atom. The van der Waals surface area contributed by atoms with Gasteiger partial charge in [0.2, 0.25) is 11.8 Å². The van der Waals surface area contributed by atoms with Crippen molar-refractivity contribution in [3.8, 4) is 5.75 Å². The molecule has 1 aliphatic heterocycles. The minimum Gasteiger partial charge on any atom is -0.493 e. The molecule has 0 atom stereocenters. The molecule has 0 bridgehead atoms. The van der Waals surface area contributed by atoms with Crippen molar-refractivity contribution in [3.63, 3.8) is 0 Å². The van der Waals surface area contributed by atoms with Crippen LogP contribution >= 0.6 is 0 Å². The Morgan fingerprint density at radius 3 is 2.66 bits per heavy atom. The van der Waals surface area contributed by atoms with Crippen LogP contribution in [0.15, 0.2) is 42.5 Å². The largest absolute Gasteiger partial charge is 0.493 e. The van der Waals surface area contributed by atoms with Crippen LogP contribution < -0.4 is 20.3 Å². The van der Waals surface area contributed by atoms with Crippen LogP contribution in [0, 0.1) is 5.92 Å². The van der Waals surface area contributed by atoms with Crippen LogP contribution in [-0.4, -0.2) is 30.9 Å². The second-order valence-corrected chi connectivity index (χ2v) is 8.14. The van der Waals surface area contributed by atoms with E-state index in [1.54, 1.807) is 18.2 Å². The monoisotopic (exact) mass is 437 g/mol. The van der Waals surface area contributed by atoms with E-state index in [4.69, 9.17) is 4.74 Å². The first kappa shape index (κ1) is 23.3. The first-order valence-corrected chi connectivity index (χ1v) is 11.1. The molecule has 2 N–H and O–H groups in total. The number of hydrogen-bond acceptors (Lipinski definition) is 4. The lowest BCUT2D eigenvalue weighted by Gasteiger charge is -2.27. The molecule has 1 heterocycles. The number of benzene rings is 2. The highest BCUT2D eigenvalue weighted by Crippen LogP contribution is 2.25. The number of amides is 3. The summed E-state index contributed by atoms with van der Waals surface area (Å²) in [6.45, 7) is 6.92. The van der Waals surface area contributed by atoms with Crippen LogP contribution in [0.25, 0.3) is 0 Å². The predicted octanol–water partition coefficient (Wildman–Crippen LogP) is 4.13. The fourth-order valence-corrected chi connectivity index (χ4v) is 3.54. The van der Waals surface area contributed by atoms with Crippen LogP contribution in [0.1, 0.15) is 56.0 Å². The summed E-state index contributed by atoms with van der Waals surface area (Å²) in [6.07, 6.45) is 2.51. The van der Waals surface area contributed by atoms with Gasteiger partial charge in [-0.3, -0.25) is 14.4 Å². The molecular weight excluding hydrogens is 406 g/mol. The fourth-order valence-electron chi connectivity index (χ4n) is 3.54. The molecular formula is C25H31N3O4. The molecule has 0 unspecified atom stereocenters. The Hall–Kier alpha value is -3.35. The van der Waals surface area contributed by atoms with E-state index < -0.39 is 0 Å². The molecule has 170 valence electrons. The molecule has 3 amide bonds. The number of nitrogens with one attached hydrogen (secondary N) is 2. The first-order chi connectivity index (χ1) is 15.4. The van der Waals surface area contributed by atoms with Crippen molar-refractivity contribution < 1.29 is 19.1 Å². The normalized spacial score (nSPS) is 13.8. The molecule has 32 heavy (non-hydrogen) atoms. The highest BCUT2D eigenvalue weighted by atomic mass is 16.5. The summed E-state index contributed by atoms with van der Waals surface area (Å²) in [7, 11) is 0. The van der Waals surface area contributed by atoms with E-state index in [1.807, 2.05) is 49.9 Å². The van der Waals surface area contributed by atoms with E-state index in [2.05, 4.69) is 10.6 Å². The summed E-state index contributed by atoms with van der Waals surface area (Å²) in [6, 6.07) is 12.7. The summed E-state index contributed by atoms with van der Waals surface area (Å²) in [5.74, 6) is 0.00955. The molecule has 0 aliphatic carbocycles. The number of rotatable bonds is 8. The number of piperidine rings is 1. The highest BCUT2D eigenvalue weighted by molar-refractivity contribution is 6.00. The van der Waals surface area contributed by atoms with Crippen LogP contribution in [0.2, 0.25) is 0 Å². The minimum absolute atomic E-state index is 0.121. The lowest BCUT2D eigenvalue weighted by atomic mass is 10.1. The van der Waals surface area contributed by atoms with Crippen LogP contribution in [0.3, 0.4) is 0 Å². The SMILES string of the molecule is CCOc1ccc(NC(=O)C(C)C)cc1C(=O)NCc1cccc(N2CCCCC2=O)c1. The Kier molecular flexibility index (Phi) is 7.87. The van der Waals surface area contributed by atoms with Crippen molar-refractivity contribution in [2.75, 3.05) is 23.4 Å². The van der Waals surface area contributed by atoms with Gasteiger partial charge in [0.25, 0.3) is 5.91 Å². The van der Waals surface area contributed by atoms with Gasteiger partial charge in [-0.2, -0.15) is 0 Å². The molecule has 0 spiro atoms. The van der Waals surface area contributed by atoms with Crippen molar-refractivity contribution >= 4 is 29.1 Å². The Labute approximate surface area is 189 Å². The first-order valence-electron chi connectivity index (χ1n) is 11.1. The lowest BCUT2D eigenvalue weighted by Crippen LogP contribution is -2.35. The number of hydrogen-bond donors (Lipinski definition) is 2. The molecule has 2 aromatic rings. The van der Waals surface area contributed by atoms with Gasteiger partial charge < -0.3 is 20.3 Å². The summed E-state index contributed by atoms with van der Waals surface area (Å²) < 4.78 is 5.61. The Balaban J connectivity index is 1.73. The van der Waals surface area contributed by atoms with Crippen LogP contribution in [-0.2, 0) is 16.1 Å². The van der Waals surface area contributed by atoms with Crippen LogP contribution in [0.5, 0.6) is 5.75 Å². The number of nitrogens with zero attached hydrogens (tertiary/aromatic N) is 1. The molecule has 1 fully saturated rings. The zero-order valence-corrected chi connectivity index (χ0v) is 18.9. The third kappa shape index (κ3) is 5.87. The molecule has 0 radical (unpaired) electrons. The summed E-state index contributed by atoms with van der Waals surface area (Å²) >= 11 is 0. The topological polar surface area (TPSA) is 87.7 Å². The number of ether oxygens (including phenoxy) is 1. The maximum absolute atomic E-state index is 13.0. The van der Waals surface area contributed by atoms with E-state index >= 15 is 0 Å². The van der Waals surface area contributed by atoms with Gasteiger partial charge in [-0.1, -0.05) is 26.0 Å². The van der Waals surface area contributed by atoms with Gasteiger partial charge in [0.1, 0.15) is 5.75 Å². The van der Waals surface area contributed by atoms with Gasteiger partial charge in [-0.15, -0.1) is 0 Å². The minimum atomic E-state index is -0.298. The van der Waals surface area contributed by atoms with Gasteiger partial charge in [0.05, 0.1) is 12.2 Å². The van der Waals surface area contributed by atoms with E-state index in [1.165, 1.54) is 0 Å². The van der Waals surface area contributed by atoms with Crippen molar-refractivity contribution in [1.82, 2.24) is 5.32 Å². The van der Waals surface area contributed by atoms with Gasteiger partial charge in [0, 0.05) is 36.8 Å². The zero-order valence-electron chi connectivity index (χ0n) is 18.9. The quantitative estimate of drug-likeness (QED) is 0.650. The van der Waals surface area contributed by atoms with Gasteiger partial charge in [-0.25, -0.2) is 0 Å². The zero-order chi connectivity index (χ0) is 23.1. The predicted molar refractivity (Wildman–Crippen MR) is 125 cm³/mol. The molecule has 7 heteroatoms. The number of carbonyl (C=O) groups is 3. The van der Waals surface area contributed by atoms with E-state index in [9.17, 15) is 14.4 Å². The molecule has 1 saturated heterocycles. The third-order valence-electron chi connectivity index (χ3n) is 5.31. The second kappa shape index (κ2) is 10.8. The molecule has 1 aliphatic rings. The van der Waals surface area contributed by atoms with Crippen molar-refractivity contribution in [2.45, 2.75) is 46.6 Å². The highest BCUT2D eigenvalue weighted by Gasteiger charge is 2.20. The summed E-state index contributed by atoms with van der Waals surface area (Å²) in [5.41, 5.74) is 2.66. The smallest absolute Gasteiger partial charge is 0.255 e. The van der Waals surface area contributed by atoms with Gasteiger partial charge in [0.15, 0.2) is 0 Å². The van der Waals surface area contributed by atoms with Crippen LogP contribution in [0.4, 0.5) is 11.4 Å². The Morgan fingerprint density at radius 1 is 1.12 bits per heavy atom. The summed E-state index contributed by atoms with van der Waals surface area (Å²) in [4.78, 5) is 39.0. The second-order valence-electron chi connectivity index (χ2n) is 8.14. The van der Waals surface area contributed by atoms with E-state index in [-0.39, 0.29) is 23.6 Å². The number of carbonyl (C=O) groups excluding carboxylic acids is 3. The maximum Gasteiger partial charge on any atom is 0.255 e. The lowest BCUT2D eigenvalue weighted by molar-refractivity contribution is -0.120. The molecule has 7 nitrogen and oxygen atoms in total. The number of anilines is 2. The van der Waals surface area contributed by atoms with Gasteiger partial charge in [-0.05, 0) is 55.7 Å².